The van der Waals surface area contributed by atoms with Gasteiger partial charge in [0.25, 0.3) is 0 Å². The van der Waals surface area contributed by atoms with Crippen molar-refractivity contribution in [3.8, 4) is 6.07 Å². The Hall–Kier alpha value is -1.33. The molecule has 0 bridgehead atoms. The number of benzene rings is 1. The highest BCUT2D eigenvalue weighted by molar-refractivity contribution is 5.31. The molecule has 1 aromatic carbocycles. The molecule has 1 unspecified atom stereocenters. The molecule has 1 aliphatic carbocycles. The molecule has 2 nitrogen and oxygen atoms in total. The number of hydrogen-bond acceptors (Lipinski definition) is 2. The Morgan fingerprint density at radius 2 is 2.07 bits per heavy atom. The first-order chi connectivity index (χ1) is 7.29. The molecule has 0 heterocycles. The highest BCUT2D eigenvalue weighted by atomic mass is 14.9. The summed E-state index contributed by atoms with van der Waals surface area (Å²) < 4.78 is 0. The van der Waals surface area contributed by atoms with Crippen LogP contribution >= 0.6 is 0 Å². The second-order valence-corrected chi connectivity index (χ2v) is 4.32. The van der Waals surface area contributed by atoms with Crippen LogP contribution < -0.4 is 5.32 Å². The molecule has 1 saturated carbocycles. The quantitative estimate of drug-likeness (QED) is 0.810. The third-order valence-corrected chi connectivity index (χ3v) is 3.04. The summed E-state index contributed by atoms with van der Waals surface area (Å²) in [6.45, 7) is 3.16. The molecule has 1 aromatic rings. The second-order valence-electron chi connectivity index (χ2n) is 4.32. The molecule has 0 spiro atoms. The van der Waals surface area contributed by atoms with Gasteiger partial charge in [-0.3, -0.25) is 0 Å². The van der Waals surface area contributed by atoms with Crippen LogP contribution in [-0.2, 0) is 6.54 Å². The van der Waals surface area contributed by atoms with Gasteiger partial charge < -0.3 is 5.32 Å². The zero-order valence-electron chi connectivity index (χ0n) is 9.03. The average molecular weight is 200 g/mol. The van der Waals surface area contributed by atoms with E-state index in [-0.39, 0.29) is 0 Å². The lowest BCUT2D eigenvalue weighted by Gasteiger charge is -2.12. The molecule has 0 saturated heterocycles. The van der Waals surface area contributed by atoms with Gasteiger partial charge in [-0.15, -0.1) is 0 Å². The summed E-state index contributed by atoms with van der Waals surface area (Å²) in [6, 6.07) is 10.5. The van der Waals surface area contributed by atoms with Crippen molar-refractivity contribution < 1.29 is 0 Å². The van der Waals surface area contributed by atoms with Crippen molar-refractivity contribution in [2.75, 3.05) is 0 Å². The Morgan fingerprint density at radius 1 is 1.40 bits per heavy atom. The van der Waals surface area contributed by atoms with Crippen LogP contribution in [0, 0.1) is 17.2 Å². The third-order valence-electron chi connectivity index (χ3n) is 3.04. The van der Waals surface area contributed by atoms with Crippen LogP contribution in [-0.4, -0.2) is 6.04 Å². The van der Waals surface area contributed by atoms with Crippen molar-refractivity contribution in [3.05, 3.63) is 35.4 Å². The van der Waals surface area contributed by atoms with Gasteiger partial charge in [0.15, 0.2) is 0 Å². The summed E-state index contributed by atoms with van der Waals surface area (Å²) in [6.07, 6.45) is 2.75. The van der Waals surface area contributed by atoms with Crippen molar-refractivity contribution >= 4 is 0 Å². The smallest absolute Gasteiger partial charge is 0.0991 e. The lowest BCUT2D eigenvalue weighted by atomic mass is 10.1. The van der Waals surface area contributed by atoms with Crippen molar-refractivity contribution in [3.63, 3.8) is 0 Å². The SMILES string of the molecule is CC(NCc1ccc(C#N)cc1)C1CC1. The van der Waals surface area contributed by atoms with Crippen LogP contribution in [0.5, 0.6) is 0 Å². The fourth-order valence-corrected chi connectivity index (χ4v) is 1.74. The maximum atomic E-state index is 8.66. The molecule has 0 amide bonds. The molecule has 1 aliphatic rings. The van der Waals surface area contributed by atoms with Gasteiger partial charge in [0.1, 0.15) is 0 Å². The summed E-state index contributed by atoms with van der Waals surface area (Å²) in [7, 11) is 0. The Kier molecular flexibility index (Phi) is 3.03. The Morgan fingerprint density at radius 3 is 2.60 bits per heavy atom. The van der Waals surface area contributed by atoms with Crippen molar-refractivity contribution in [1.29, 1.82) is 5.26 Å². The zero-order valence-corrected chi connectivity index (χ0v) is 9.03. The Balaban J connectivity index is 1.85. The van der Waals surface area contributed by atoms with E-state index in [1.165, 1.54) is 18.4 Å². The van der Waals surface area contributed by atoms with Crippen LogP contribution in [0.2, 0.25) is 0 Å². The van der Waals surface area contributed by atoms with Crippen LogP contribution in [0.25, 0.3) is 0 Å². The van der Waals surface area contributed by atoms with E-state index in [4.69, 9.17) is 5.26 Å². The molecular weight excluding hydrogens is 184 g/mol. The normalized spacial score (nSPS) is 17.1. The first-order valence-electron chi connectivity index (χ1n) is 5.52. The molecule has 15 heavy (non-hydrogen) atoms. The Bertz CT molecular complexity index is 357. The summed E-state index contributed by atoms with van der Waals surface area (Å²) in [5.41, 5.74) is 1.98. The average Bonchev–Trinajstić information content (AvgIpc) is 3.10. The van der Waals surface area contributed by atoms with Crippen LogP contribution in [0.4, 0.5) is 0 Å². The second kappa shape index (κ2) is 4.46. The molecular formula is C13H16N2. The molecule has 1 atom stereocenters. The van der Waals surface area contributed by atoms with Crippen molar-refractivity contribution in [1.82, 2.24) is 5.32 Å². The zero-order chi connectivity index (χ0) is 10.7. The minimum atomic E-state index is 0.626. The molecule has 2 heteroatoms. The topological polar surface area (TPSA) is 35.8 Å². The standard InChI is InChI=1S/C13H16N2/c1-10(13-6-7-13)15-9-12-4-2-11(8-14)3-5-12/h2-5,10,13,15H,6-7,9H2,1H3. The van der Waals surface area contributed by atoms with Gasteiger partial charge in [0, 0.05) is 12.6 Å². The molecule has 0 aromatic heterocycles. The van der Waals surface area contributed by atoms with Gasteiger partial charge in [-0.1, -0.05) is 12.1 Å². The Labute approximate surface area is 90.9 Å². The lowest BCUT2D eigenvalue weighted by molar-refractivity contribution is 0.496. The van der Waals surface area contributed by atoms with E-state index in [9.17, 15) is 0 Å². The van der Waals surface area contributed by atoms with Gasteiger partial charge in [-0.25, -0.2) is 0 Å². The summed E-state index contributed by atoms with van der Waals surface area (Å²) in [4.78, 5) is 0. The van der Waals surface area contributed by atoms with E-state index in [1.807, 2.05) is 24.3 Å². The number of nitrogens with zero attached hydrogens (tertiary/aromatic N) is 1. The summed E-state index contributed by atoms with van der Waals surface area (Å²) >= 11 is 0. The summed E-state index contributed by atoms with van der Waals surface area (Å²) in [5, 5.41) is 12.2. The highest BCUT2D eigenvalue weighted by Gasteiger charge is 2.27. The predicted molar refractivity (Wildman–Crippen MR) is 60.2 cm³/mol. The van der Waals surface area contributed by atoms with E-state index in [0.717, 1.165) is 18.0 Å². The van der Waals surface area contributed by atoms with Crippen LogP contribution in [0.15, 0.2) is 24.3 Å². The minimum absolute atomic E-state index is 0.626. The third kappa shape index (κ3) is 2.81. The number of rotatable bonds is 4. The van der Waals surface area contributed by atoms with Gasteiger partial charge in [0.05, 0.1) is 11.6 Å². The van der Waals surface area contributed by atoms with Gasteiger partial charge in [0.2, 0.25) is 0 Å². The summed E-state index contributed by atoms with van der Waals surface area (Å²) in [5.74, 6) is 0.892. The number of nitriles is 1. The number of nitrogens with one attached hydrogen (secondary N) is 1. The van der Waals surface area contributed by atoms with E-state index in [1.54, 1.807) is 0 Å². The van der Waals surface area contributed by atoms with Crippen LogP contribution in [0.3, 0.4) is 0 Å². The fourth-order valence-electron chi connectivity index (χ4n) is 1.74. The number of hydrogen-bond donors (Lipinski definition) is 1. The molecule has 0 aliphatic heterocycles. The van der Waals surface area contributed by atoms with Crippen molar-refractivity contribution in [2.45, 2.75) is 32.4 Å². The molecule has 1 N–H and O–H groups in total. The van der Waals surface area contributed by atoms with Gasteiger partial charge >= 0.3 is 0 Å². The monoisotopic (exact) mass is 200 g/mol. The van der Waals surface area contributed by atoms with Gasteiger partial charge in [-0.05, 0) is 43.4 Å². The lowest BCUT2D eigenvalue weighted by Crippen LogP contribution is -2.27. The van der Waals surface area contributed by atoms with E-state index in [2.05, 4.69) is 18.3 Å². The van der Waals surface area contributed by atoms with E-state index in [0.29, 0.717) is 6.04 Å². The molecule has 2 rings (SSSR count). The molecule has 78 valence electrons. The predicted octanol–water partition coefficient (Wildman–Crippen LogP) is 2.45. The molecule has 1 fully saturated rings. The first-order valence-corrected chi connectivity index (χ1v) is 5.52. The highest BCUT2D eigenvalue weighted by Crippen LogP contribution is 2.32. The van der Waals surface area contributed by atoms with Gasteiger partial charge in [-0.2, -0.15) is 5.26 Å². The first kappa shape index (κ1) is 10.2. The largest absolute Gasteiger partial charge is 0.310 e. The maximum absolute atomic E-state index is 8.66. The maximum Gasteiger partial charge on any atom is 0.0991 e. The molecule has 0 radical (unpaired) electrons. The fraction of sp³-hybridized carbons (Fsp3) is 0.462. The van der Waals surface area contributed by atoms with Crippen molar-refractivity contribution in [2.24, 2.45) is 5.92 Å². The van der Waals surface area contributed by atoms with Crippen LogP contribution in [0.1, 0.15) is 30.9 Å². The van der Waals surface area contributed by atoms with E-state index >= 15 is 0 Å². The minimum Gasteiger partial charge on any atom is -0.310 e. The van der Waals surface area contributed by atoms with E-state index < -0.39 is 0 Å².